The SMILES string of the molecule is c1ccc(-c2c(N(c3ccccc3)c3ccc(-c4ccccc4-c4ccc(N(c5ccccc5)c5ccc6ccccc6c5-c5ccccc5)cc4)cc3)ccc3ccccc23)cc1. The van der Waals surface area contributed by atoms with Crippen LogP contribution >= 0.6 is 0 Å². The minimum Gasteiger partial charge on any atom is -0.310 e. The summed E-state index contributed by atoms with van der Waals surface area (Å²) in [5.41, 5.74) is 16.1. The Balaban J connectivity index is 0.983. The van der Waals surface area contributed by atoms with Gasteiger partial charge in [-0.1, -0.05) is 206 Å². The molecule has 0 spiro atoms. The highest BCUT2D eigenvalue weighted by Gasteiger charge is 2.22. The average Bonchev–Trinajstić information content (AvgIpc) is 3.38. The first kappa shape index (κ1) is 38.5. The molecule has 0 unspecified atom stereocenters. The van der Waals surface area contributed by atoms with Crippen molar-refractivity contribution in [3.63, 3.8) is 0 Å². The Kier molecular flexibility index (Phi) is 10.3. The molecule has 11 aromatic carbocycles. The molecule has 0 bridgehead atoms. The quantitative estimate of drug-likeness (QED) is 0.136. The van der Waals surface area contributed by atoms with E-state index in [4.69, 9.17) is 0 Å². The Hall–Kier alpha value is -8.46. The molecule has 0 aliphatic heterocycles. The van der Waals surface area contributed by atoms with E-state index in [1.807, 2.05) is 0 Å². The van der Waals surface area contributed by atoms with Crippen molar-refractivity contribution >= 4 is 55.7 Å². The van der Waals surface area contributed by atoms with Crippen LogP contribution in [0.1, 0.15) is 0 Å². The Morgan fingerprint density at radius 3 is 0.906 bits per heavy atom. The van der Waals surface area contributed by atoms with Crippen LogP contribution in [0.4, 0.5) is 34.1 Å². The molecule has 0 fully saturated rings. The second-order valence-electron chi connectivity index (χ2n) is 16.1. The van der Waals surface area contributed by atoms with Gasteiger partial charge in [-0.15, -0.1) is 0 Å². The highest BCUT2D eigenvalue weighted by atomic mass is 15.1. The zero-order valence-electron chi connectivity index (χ0n) is 35.3. The van der Waals surface area contributed by atoms with E-state index in [0.717, 1.165) is 45.3 Å². The van der Waals surface area contributed by atoms with E-state index in [9.17, 15) is 0 Å². The van der Waals surface area contributed by atoms with Gasteiger partial charge in [-0.05, 0) is 116 Å². The zero-order valence-corrected chi connectivity index (χ0v) is 35.3. The van der Waals surface area contributed by atoms with Crippen LogP contribution in [-0.4, -0.2) is 0 Å². The third kappa shape index (κ3) is 7.27. The molecule has 0 amide bonds. The molecular weight excluding hydrogens is 773 g/mol. The predicted molar refractivity (Wildman–Crippen MR) is 273 cm³/mol. The summed E-state index contributed by atoms with van der Waals surface area (Å²) in [6, 6.07) is 96.2. The van der Waals surface area contributed by atoms with E-state index in [1.165, 1.54) is 54.9 Å². The van der Waals surface area contributed by atoms with E-state index in [-0.39, 0.29) is 0 Å². The number of rotatable bonds is 10. The third-order valence-electron chi connectivity index (χ3n) is 12.2. The molecule has 2 heteroatoms. The lowest BCUT2D eigenvalue weighted by Gasteiger charge is -2.29. The maximum absolute atomic E-state index is 2.39. The Labute approximate surface area is 375 Å². The molecule has 11 rings (SSSR count). The molecule has 302 valence electrons. The number of hydrogen-bond donors (Lipinski definition) is 0. The van der Waals surface area contributed by atoms with Crippen molar-refractivity contribution in [2.75, 3.05) is 9.80 Å². The second-order valence-corrected chi connectivity index (χ2v) is 16.1. The van der Waals surface area contributed by atoms with Crippen LogP contribution in [0.3, 0.4) is 0 Å². The molecule has 64 heavy (non-hydrogen) atoms. The summed E-state index contributed by atoms with van der Waals surface area (Å²) in [6.07, 6.45) is 0. The first-order valence-electron chi connectivity index (χ1n) is 21.9. The number of fused-ring (bicyclic) bond motifs is 2. The van der Waals surface area contributed by atoms with E-state index < -0.39 is 0 Å². The van der Waals surface area contributed by atoms with E-state index in [0.29, 0.717) is 0 Å². The fourth-order valence-corrected chi connectivity index (χ4v) is 9.28. The summed E-state index contributed by atoms with van der Waals surface area (Å²) in [5, 5.41) is 4.89. The van der Waals surface area contributed by atoms with Gasteiger partial charge in [0.15, 0.2) is 0 Å². The van der Waals surface area contributed by atoms with Crippen molar-refractivity contribution in [1.82, 2.24) is 0 Å². The molecule has 0 aliphatic rings. The van der Waals surface area contributed by atoms with Gasteiger partial charge < -0.3 is 9.80 Å². The summed E-state index contributed by atoms with van der Waals surface area (Å²) >= 11 is 0. The van der Waals surface area contributed by atoms with Gasteiger partial charge in [-0.25, -0.2) is 0 Å². The van der Waals surface area contributed by atoms with Gasteiger partial charge in [0, 0.05) is 33.9 Å². The summed E-state index contributed by atoms with van der Waals surface area (Å²) < 4.78 is 0. The van der Waals surface area contributed by atoms with Gasteiger partial charge in [0.1, 0.15) is 0 Å². The largest absolute Gasteiger partial charge is 0.310 e. The van der Waals surface area contributed by atoms with E-state index in [2.05, 4.69) is 277 Å². The van der Waals surface area contributed by atoms with Crippen molar-refractivity contribution in [3.8, 4) is 44.5 Å². The minimum atomic E-state index is 1.09. The normalized spacial score (nSPS) is 11.1. The monoisotopic (exact) mass is 816 g/mol. The fourth-order valence-electron chi connectivity index (χ4n) is 9.28. The maximum Gasteiger partial charge on any atom is 0.0546 e. The third-order valence-corrected chi connectivity index (χ3v) is 12.2. The molecule has 0 heterocycles. The van der Waals surface area contributed by atoms with Gasteiger partial charge in [-0.3, -0.25) is 0 Å². The average molecular weight is 817 g/mol. The van der Waals surface area contributed by atoms with Gasteiger partial charge in [-0.2, -0.15) is 0 Å². The highest BCUT2D eigenvalue weighted by molar-refractivity contribution is 6.07. The van der Waals surface area contributed by atoms with Crippen molar-refractivity contribution in [3.05, 3.63) is 267 Å². The van der Waals surface area contributed by atoms with Crippen LogP contribution in [0.25, 0.3) is 66.1 Å². The number of anilines is 6. The van der Waals surface area contributed by atoms with Crippen LogP contribution in [0.15, 0.2) is 267 Å². The van der Waals surface area contributed by atoms with Gasteiger partial charge >= 0.3 is 0 Å². The van der Waals surface area contributed by atoms with Gasteiger partial charge in [0.05, 0.1) is 11.4 Å². The lowest BCUT2D eigenvalue weighted by atomic mass is 9.93. The minimum absolute atomic E-state index is 1.09. The molecule has 0 saturated heterocycles. The van der Waals surface area contributed by atoms with Crippen LogP contribution in [-0.2, 0) is 0 Å². The summed E-state index contributed by atoms with van der Waals surface area (Å²) in [4.78, 5) is 4.78. The van der Waals surface area contributed by atoms with Crippen molar-refractivity contribution in [1.29, 1.82) is 0 Å². The molecule has 0 aliphatic carbocycles. The first-order chi connectivity index (χ1) is 31.8. The predicted octanol–water partition coefficient (Wildman–Crippen LogP) is 17.6. The van der Waals surface area contributed by atoms with E-state index >= 15 is 0 Å². The molecule has 0 atom stereocenters. The molecule has 0 N–H and O–H groups in total. The second kappa shape index (κ2) is 17.1. The topological polar surface area (TPSA) is 6.48 Å². The van der Waals surface area contributed by atoms with Crippen molar-refractivity contribution in [2.45, 2.75) is 0 Å². The Morgan fingerprint density at radius 1 is 0.203 bits per heavy atom. The number of benzene rings is 11. The van der Waals surface area contributed by atoms with Crippen molar-refractivity contribution in [2.24, 2.45) is 0 Å². The van der Waals surface area contributed by atoms with Crippen LogP contribution in [0.5, 0.6) is 0 Å². The fraction of sp³-hybridized carbons (Fsp3) is 0. The molecule has 0 radical (unpaired) electrons. The maximum atomic E-state index is 2.39. The number of hydrogen-bond acceptors (Lipinski definition) is 2. The molecule has 11 aromatic rings. The Bertz CT molecular complexity index is 3120. The lowest BCUT2D eigenvalue weighted by Crippen LogP contribution is -2.11. The molecular formula is C62H44N2. The lowest BCUT2D eigenvalue weighted by molar-refractivity contribution is 1.29. The molecule has 2 nitrogen and oxygen atoms in total. The van der Waals surface area contributed by atoms with Crippen LogP contribution in [0.2, 0.25) is 0 Å². The standard InChI is InChI=1S/C62H44N2/c1-5-21-49(22-6-1)61-57-31-15-13-19-45(57)37-43-59(61)63(51-25-9-3-10-26-51)53-39-33-47(34-40-53)55-29-17-18-30-56(55)48-35-41-54(42-36-48)64(52-27-11-4-12-28-52)60-44-38-46-20-14-16-32-58(46)62(60)50-23-7-2-8-24-50/h1-44H. The highest BCUT2D eigenvalue weighted by Crippen LogP contribution is 2.47. The van der Waals surface area contributed by atoms with Crippen molar-refractivity contribution < 1.29 is 0 Å². The number of nitrogens with zero attached hydrogens (tertiary/aromatic N) is 2. The van der Waals surface area contributed by atoms with Crippen LogP contribution < -0.4 is 9.80 Å². The summed E-state index contributed by atoms with van der Waals surface area (Å²) in [5.74, 6) is 0. The smallest absolute Gasteiger partial charge is 0.0546 e. The first-order valence-corrected chi connectivity index (χ1v) is 21.9. The summed E-state index contributed by atoms with van der Waals surface area (Å²) in [6.45, 7) is 0. The summed E-state index contributed by atoms with van der Waals surface area (Å²) in [7, 11) is 0. The van der Waals surface area contributed by atoms with E-state index in [1.54, 1.807) is 0 Å². The zero-order chi connectivity index (χ0) is 42.7. The molecule has 0 aromatic heterocycles. The van der Waals surface area contributed by atoms with Gasteiger partial charge in [0.25, 0.3) is 0 Å². The number of para-hydroxylation sites is 2. The molecule has 0 saturated carbocycles. The van der Waals surface area contributed by atoms with Crippen LogP contribution in [0, 0.1) is 0 Å². The Morgan fingerprint density at radius 2 is 0.516 bits per heavy atom. The van der Waals surface area contributed by atoms with Gasteiger partial charge in [0.2, 0.25) is 0 Å².